The fourth-order valence-electron chi connectivity index (χ4n) is 3.85. The normalized spacial score (nSPS) is 20.0. The van der Waals surface area contributed by atoms with Crippen LogP contribution in [0.3, 0.4) is 0 Å². The third-order valence-corrected chi connectivity index (χ3v) is 5.23. The maximum absolute atomic E-state index is 13.1. The zero-order chi connectivity index (χ0) is 21.0. The largest absolute Gasteiger partial charge is 0.388 e. The summed E-state index contributed by atoms with van der Waals surface area (Å²) in [5.41, 5.74) is 0.231. The van der Waals surface area contributed by atoms with E-state index in [4.69, 9.17) is 0 Å². The van der Waals surface area contributed by atoms with Crippen molar-refractivity contribution < 1.29 is 14.3 Å². The van der Waals surface area contributed by atoms with Crippen LogP contribution in [0.4, 0.5) is 4.39 Å². The van der Waals surface area contributed by atoms with Gasteiger partial charge in [-0.05, 0) is 57.0 Å². The van der Waals surface area contributed by atoms with Crippen LogP contribution >= 0.6 is 0 Å². The number of hydrogen-bond donors (Lipinski definition) is 2. The Hall–Kier alpha value is -2.58. The van der Waals surface area contributed by atoms with E-state index in [1.165, 1.54) is 12.1 Å². The minimum atomic E-state index is -0.915. The Morgan fingerprint density at radius 3 is 2.72 bits per heavy atom. The first-order chi connectivity index (χ1) is 13.7. The zero-order valence-corrected chi connectivity index (χ0v) is 16.8. The van der Waals surface area contributed by atoms with Gasteiger partial charge in [-0.3, -0.25) is 9.69 Å². The van der Waals surface area contributed by atoms with E-state index in [1.807, 2.05) is 11.9 Å². The third-order valence-electron chi connectivity index (χ3n) is 5.23. The van der Waals surface area contributed by atoms with E-state index in [-0.39, 0.29) is 17.4 Å². The maximum Gasteiger partial charge on any atom is 0.345 e. The number of nitrogens with one attached hydrogen (secondary N) is 1. The zero-order valence-electron chi connectivity index (χ0n) is 16.8. The summed E-state index contributed by atoms with van der Waals surface area (Å²) < 4.78 is 13.1. The minimum Gasteiger partial charge on any atom is -0.388 e. The summed E-state index contributed by atoms with van der Waals surface area (Å²) in [6.45, 7) is 3.66. The summed E-state index contributed by atoms with van der Waals surface area (Å²) in [6, 6.07) is 7.89. The highest BCUT2D eigenvalue weighted by Crippen LogP contribution is 2.24. The summed E-state index contributed by atoms with van der Waals surface area (Å²) in [7, 11) is 1.91. The standard InChI is InChI=1S/C21H27FN4O3/c1-15-12-18(24-20(28)23-15)19(27)26-10-3-8-21(29,9-11-26)14-25(2)13-16-4-6-17(22)7-5-16/h4-7,12,29H,3,8-11,13-14H2,1-2H3,(H,23,24,28)/t21-/m1/s1. The average Bonchev–Trinajstić information content (AvgIpc) is 2.84. The Kier molecular flexibility index (Phi) is 6.44. The molecule has 0 aliphatic carbocycles. The van der Waals surface area contributed by atoms with E-state index in [0.717, 1.165) is 5.56 Å². The first kappa shape index (κ1) is 21.1. The van der Waals surface area contributed by atoms with Crippen molar-refractivity contribution in [2.75, 3.05) is 26.7 Å². The van der Waals surface area contributed by atoms with Gasteiger partial charge in [0.1, 0.15) is 11.5 Å². The van der Waals surface area contributed by atoms with Crippen molar-refractivity contribution in [1.29, 1.82) is 0 Å². The highest BCUT2D eigenvalue weighted by atomic mass is 19.1. The molecule has 2 heterocycles. The number of halogens is 1. The van der Waals surface area contributed by atoms with Gasteiger partial charge >= 0.3 is 5.69 Å². The maximum atomic E-state index is 13.1. The van der Waals surface area contributed by atoms with Crippen molar-refractivity contribution >= 4 is 5.91 Å². The second-order valence-corrected chi connectivity index (χ2v) is 7.92. The molecule has 1 saturated heterocycles. The minimum absolute atomic E-state index is 0.130. The molecule has 0 saturated carbocycles. The van der Waals surface area contributed by atoms with Crippen LogP contribution in [0.1, 0.15) is 41.0 Å². The van der Waals surface area contributed by atoms with E-state index in [0.29, 0.717) is 51.1 Å². The van der Waals surface area contributed by atoms with Crippen LogP contribution in [0.25, 0.3) is 0 Å². The molecule has 1 amide bonds. The molecular formula is C21H27FN4O3. The predicted molar refractivity (Wildman–Crippen MR) is 107 cm³/mol. The van der Waals surface area contributed by atoms with Gasteiger partial charge in [0, 0.05) is 31.9 Å². The Balaban J connectivity index is 1.61. The number of carbonyl (C=O) groups excluding carboxylic acids is 1. The number of rotatable bonds is 5. The number of aromatic nitrogens is 2. The molecule has 7 nitrogen and oxygen atoms in total. The van der Waals surface area contributed by atoms with Crippen molar-refractivity contribution in [2.45, 2.75) is 38.3 Å². The number of carbonyl (C=O) groups is 1. The van der Waals surface area contributed by atoms with Gasteiger partial charge in [0.05, 0.1) is 5.60 Å². The number of aryl methyl sites for hydroxylation is 1. The number of hydrogen-bond acceptors (Lipinski definition) is 5. The van der Waals surface area contributed by atoms with Gasteiger partial charge in [0.2, 0.25) is 0 Å². The predicted octanol–water partition coefficient (Wildman–Crippen LogP) is 1.71. The fraction of sp³-hybridized carbons (Fsp3) is 0.476. The van der Waals surface area contributed by atoms with Crippen LogP contribution in [0.15, 0.2) is 35.1 Å². The van der Waals surface area contributed by atoms with E-state index in [9.17, 15) is 19.1 Å². The molecule has 1 fully saturated rings. The molecule has 1 aromatic carbocycles. The third kappa shape index (κ3) is 5.71. The second kappa shape index (κ2) is 8.84. The molecular weight excluding hydrogens is 375 g/mol. The quantitative estimate of drug-likeness (QED) is 0.795. The Bertz CT molecular complexity index is 915. The fourth-order valence-corrected chi connectivity index (χ4v) is 3.85. The second-order valence-electron chi connectivity index (χ2n) is 7.92. The van der Waals surface area contributed by atoms with Crippen LogP contribution in [-0.2, 0) is 6.54 Å². The lowest BCUT2D eigenvalue weighted by Crippen LogP contribution is -2.42. The smallest absolute Gasteiger partial charge is 0.345 e. The van der Waals surface area contributed by atoms with Crippen molar-refractivity contribution in [1.82, 2.24) is 19.8 Å². The number of amides is 1. The first-order valence-corrected chi connectivity index (χ1v) is 9.77. The number of H-pyrrole nitrogens is 1. The number of benzene rings is 1. The molecule has 156 valence electrons. The summed E-state index contributed by atoms with van der Waals surface area (Å²) in [4.78, 5) is 34.3. The van der Waals surface area contributed by atoms with Gasteiger partial charge in [-0.1, -0.05) is 12.1 Å². The van der Waals surface area contributed by atoms with Crippen LogP contribution in [0.5, 0.6) is 0 Å². The Morgan fingerprint density at radius 1 is 1.31 bits per heavy atom. The van der Waals surface area contributed by atoms with E-state index < -0.39 is 11.3 Å². The SMILES string of the molecule is Cc1cc(C(=O)N2CCC[C@](O)(CN(C)Cc3ccc(F)cc3)CC2)nc(=O)[nH]1. The average molecular weight is 402 g/mol. The summed E-state index contributed by atoms with van der Waals surface area (Å²) >= 11 is 0. The molecule has 0 bridgehead atoms. The lowest BCUT2D eigenvalue weighted by molar-refractivity contribution is -0.00402. The molecule has 0 unspecified atom stereocenters. The van der Waals surface area contributed by atoms with E-state index in [1.54, 1.807) is 30.0 Å². The molecule has 0 radical (unpaired) electrons. The lowest BCUT2D eigenvalue weighted by atomic mass is 9.94. The van der Waals surface area contributed by atoms with E-state index >= 15 is 0 Å². The molecule has 2 N–H and O–H groups in total. The first-order valence-electron chi connectivity index (χ1n) is 9.77. The van der Waals surface area contributed by atoms with Crippen LogP contribution < -0.4 is 5.69 Å². The molecule has 1 atom stereocenters. The van der Waals surface area contributed by atoms with Crippen molar-refractivity contribution in [3.8, 4) is 0 Å². The van der Waals surface area contributed by atoms with Gasteiger partial charge in [0.25, 0.3) is 5.91 Å². The van der Waals surface area contributed by atoms with Crippen molar-refractivity contribution in [2.24, 2.45) is 0 Å². The topological polar surface area (TPSA) is 89.5 Å². The molecule has 29 heavy (non-hydrogen) atoms. The number of nitrogens with zero attached hydrogens (tertiary/aromatic N) is 3. The molecule has 1 aliphatic heterocycles. The van der Waals surface area contributed by atoms with E-state index in [2.05, 4.69) is 9.97 Å². The van der Waals surface area contributed by atoms with Crippen molar-refractivity contribution in [3.63, 3.8) is 0 Å². The van der Waals surface area contributed by atoms with Gasteiger partial charge in [-0.15, -0.1) is 0 Å². The Morgan fingerprint density at radius 2 is 2.03 bits per heavy atom. The summed E-state index contributed by atoms with van der Waals surface area (Å²) in [6.07, 6.45) is 1.68. The summed E-state index contributed by atoms with van der Waals surface area (Å²) in [5.74, 6) is -0.559. The molecule has 1 aromatic heterocycles. The Labute approximate surface area is 169 Å². The number of aliphatic hydroxyl groups is 1. The lowest BCUT2D eigenvalue weighted by Gasteiger charge is -2.31. The number of likely N-dealkylation sites (N-methyl/N-ethyl adjacent to an activating group) is 1. The summed E-state index contributed by atoms with van der Waals surface area (Å²) in [5, 5.41) is 11.1. The highest BCUT2D eigenvalue weighted by Gasteiger charge is 2.33. The number of aromatic amines is 1. The molecule has 2 aromatic rings. The van der Waals surface area contributed by atoms with Crippen LogP contribution in [0.2, 0.25) is 0 Å². The van der Waals surface area contributed by atoms with Gasteiger partial charge in [0.15, 0.2) is 0 Å². The van der Waals surface area contributed by atoms with Gasteiger partial charge in [-0.2, -0.15) is 4.98 Å². The van der Waals surface area contributed by atoms with Crippen LogP contribution in [0, 0.1) is 12.7 Å². The molecule has 1 aliphatic rings. The highest BCUT2D eigenvalue weighted by molar-refractivity contribution is 5.92. The molecule has 8 heteroatoms. The molecule has 0 spiro atoms. The van der Waals surface area contributed by atoms with Gasteiger partial charge < -0.3 is 15.0 Å². The van der Waals surface area contributed by atoms with Crippen molar-refractivity contribution in [3.05, 3.63) is 63.6 Å². The monoisotopic (exact) mass is 402 g/mol. The van der Waals surface area contributed by atoms with Crippen LogP contribution in [-0.4, -0.2) is 63.1 Å². The number of likely N-dealkylation sites (tertiary alicyclic amines) is 1. The molecule has 3 rings (SSSR count). The van der Waals surface area contributed by atoms with Gasteiger partial charge in [-0.25, -0.2) is 9.18 Å².